The summed E-state index contributed by atoms with van der Waals surface area (Å²) in [5.74, 6) is -1.43. The summed E-state index contributed by atoms with van der Waals surface area (Å²) in [4.78, 5) is 29.1. The van der Waals surface area contributed by atoms with Crippen LogP contribution in [-0.4, -0.2) is 57.9 Å². The van der Waals surface area contributed by atoms with Crippen LogP contribution in [0.2, 0.25) is 0 Å². The first-order chi connectivity index (χ1) is 12.3. The second-order valence-corrected chi connectivity index (χ2v) is 6.80. The van der Waals surface area contributed by atoms with Crippen molar-refractivity contribution in [3.8, 4) is 5.75 Å². The van der Waals surface area contributed by atoms with E-state index < -0.39 is 17.7 Å². The summed E-state index contributed by atoms with van der Waals surface area (Å²) >= 11 is 0. The number of aliphatic hydroxyl groups excluding tert-OH is 1. The fourth-order valence-corrected chi connectivity index (χ4v) is 3.24. The maximum Gasteiger partial charge on any atom is 0.290 e. The maximum absolute atomic E-state index is 12.7. The lowest BCUT2D eigenvalue weighted by molar-refractivity contribution is -0.129. The van der Waals surface area contributed by atoms with Gasteiger partial charge in [0.2, 0.25) is 0 Å². The summed E-state index contributed by atoms with van der Waals surface area (Å²) < 4.78 is 0. The number of aromatic hydroxyl groups is 1. The second-order valence-electron chi connectivity index (χ2n) is 6.80. The predicted octanol–water partition coefficient (Wildman–Crippen LogP) is 2.65. The number of carbonyl (C=O) groups is 2. The van der Waals surface area contributed by atoms with Crippen molar-refractivity contribution in [2.24, 2.45) is 5.92 Å². The Morgan fingerprint density at radius 3 is 2.23 bits per heavy atom. The molecule has 0 aromatic heterocycles. The SMILES string of the molecule is CCN(CC)CCN1C(=O)C(O)=C(C(=O)C(C)C)C1c1ccc(O)cc1. The van der Waals surface area contributed by atoms with Crippen LogP contribution in [0, 0.1) is 5.92 Å². The summed E-state index contributed by atoms with van der Waals surface area (Å²) in [7, 11) is 0. The number of phenols is 1. The van der Waals surface area contributed by atoms with Gasteiger partial charge in [-0.05, 0) is 30.8 Å². The van der Waals surface area contributed by atoms with Gasteiger partial charge in [-0.25, -0.2) is 0 Å². The Bertz CT molecular complexity index is 690. The lowest BCUT2D eigenvalue weighted by Crippen LogP contribution is -2.38. The van der Waals surface area contributed by atoms with Crippen molar-refractivity contribution < 1.29 is 19.8 Å². The standard InChI is InChI=1S/C20H28N2O4/c1-5-21(6-2)11-12-22-17(14-7-9-15(23)10-8-14)16(18(24)13(3)4)19(25)20(22)26/h7-10,13,17,23,25H,5-6,11-12H2,1-4H3. The highest BCUT2D eigenvalue weighted by Gasteiger charge is 2.43. The molecule has 0 saturated carbocycles. The number of carbonyl (C=O) groups excluding carboxylic acids is 2. The monoisotopic (exact) mass is 360 g/mol. The molecule has 0 bridgehead atoms. The fraction of sp³-hybridized carbons (Fsp3) is 0.500. The summed E-state index contributed by atoms with van der Waals surface area (Å²) in [5.41, 5.74) is 0.846. The quantitative estimate of drug-likeness (QED) is 0.745. The normalized spacial score (nSPS) is 17.7. The topological polar surface area (TPSA) is 81.1 Å². The number of phenolic OH excluding ortho intramolecular Hbond substituents is 1. The van der Waals surface area contributed by atoms with Crippen LogP contribution in [0.1, 0.15) is 39.3 Å². The van der Waals surface area contributed by atoms with E-state index in [0.29, 0.717) is 18.7 Å². The molecule has 0 saturated heterocycles. The highest BCUT2D eigenvalue weighted by Crippen LogP contribution is 2.39. The van der Waals surface area contributed by atoms with Gasteiger partial charge in [0, 0.05) is 19.0 Å². The maximum atomic E-state index is 12.7. The predicted molar refractivity (Wildman–Crippen MR) is 99.8 cm³/mol. The molecule has 1 aliphatic rings. The van der Waals surface area contributed by atoms with Gasteiger partial charge in [-0.1, -0.05) is 39.8 Å². The van der Waals surface area contributed by atoms with E-state index in [1.807, 2.05) is 0 Å². The van der Waals surface area contributed by atoms with Gasteiger partial charge in [-0.3, -0.25) is 9.59 Å². The summed E-state index contributed by atoms with van der Waals surface area (Å²) in [6.07, 6.45) is 0. The van der Waals surface area contributed by atoms with E-state index in [0.717, 1.165) is 13.1 Å². The Balaban J connectivity index is 2.42. The number of rotatable bonds is 8. The Morgan fingerprint density at radius 2 is 1.73 bits per heavy atom. The van der Waals surface area contributed by atoms with Gasteiger partial charge in [0.15, 0.2) is 11.5 Å². The number of hydrogen-bond donors (Lipinski definition) is 2. The molecule has 1 unspecified atom stereocenters. The minimum Gasteiger partial charge on any atom is -0.508 e. The van der Waals surface area contributed by atoms with Crippen LogP contribution < -0.4 is 0 Å². The van der Waals surface area contributed by atoms with Gasteiger partial charge >= 0.3 is 0 Å². The minimum atomic E-state index is -0.631. The van der Waals surface area contributed by atoms with E-state index >= 15 is 0 Å². The number of likely N-dealkylation sites (N-methyl/N-ethyl adjacent to an activating group) is 1. The molecule has 0 fully saturated rings. The number of ketones is 1. The molecule has 1 aromatic rings. The van der Waals surface area contributed by atoms with E-state index in [9.17, 15) is 19.8 Å². The zero-order chi connectivity index (χ0) is 19.4. The Hall–Kier alpha value is -2.34. The number of amides is 1. The van der Waals surface area contributed by atoms with Crippen LogP contribution in [0.5, 0.6) is 5.75 Å². The van der Waals surface area contributed by atoms with Gasteiger partial charge in [0.25, 0.3) is 5.91 Å². The first-order valence-electron chi connectivity index (χ1n) is 9.11. The molecule has 0 radical (unpaired) electrons. The fourth-order valence-electron chi connectivity index (χ4n) is 3.24. The molecule has 1 aromatic carbocycles. The number of nitrogens with zero attached hydrogens (tertiary/aromatic N) is 2. The van der Waals surface area contributed by atoms with E-state index in [4.69, 9.17) is 0 Å². The third kappa shape index (κ3) is 3.90. The molecule has 0 spiro atoms. The van der Waals surface area contributed by atoms with Crippen molar-refractivity contribution in [3.63, 3.8) is 0 Å². The van der Waals surface area contributed by atoms with Crippen molar-refractivity contribution in [1.82, 2.24) is 9.80 Å². The van der Waals surface area contributed by atoms with Crippen LogP contribution in [0.4, 0.5) is 0 Å². The molecular formula is C20H28N2O4. The van der Waals surface area contributed by atoms with Crippen LogP contribution in [0.15, 0.2) is 35.6 Å². The minimum absolute atomic E-state index is 0.109. The number of hydrogen-bond acceptors (Lipinski definition) is 5. The van der Waals surface area contributed by atoms with Crippen molar-refractivity contribution >= 4 is 11.7 Å². The van der Waals surface area contributed by atoms with Crippen molar-refractivity contribution in [2.75, 3.05) is 26.2 Å². The molecule has 6 heteroatoms. The van der Waals surface area contributed by atoms with E-state index in [1.54, 1.807) is 30.9 Å². The van der Waals surface area contributed by atoms with Gasteiger partial charge in [0.1, 0.15) is 5.75 Å². The Morgan fingerprint density at radius 1 is 1.15 bits per heavy atom. The highest BCUT2D eigenvalue weighted by atomic mass is 16.3. The molecule has 6 nitrogen and oxygen atoms in total. The van der Waals surface area contributed by atoms with Gasteiger partial charge in [-0.15, -0.1) is 0 Å². The summed E-state index contributed by atoms with van der Waals surface area (Å²) in [5, 5.41) is 20.0. The smallest absolute Gasteiger partial charge is 0.290 e. The van der Waals surface area contributed by atoms with Gasteiger partial charge < -0.3 is 20.0 Å². The molecule has 1 aliphatic heterocycles. The van der Waals surface area contributed by atoms with Crippen molar-refractivity contribution in [1.29, 1.82) is 0 Å². The summed E-state index contributed by atoms with van der Waals surface area (Å²) in [6, 6.07) is 5.78. The second kappa shape index (κ2) is 8.36. The summed E-state index contributed by atoms with van der Waals surface area (Å²) in [6.45, 7) is 10.4. The van der Waals surface area contributed by atoms with E-state index in [2.05, 4.69) is 18.7 Å². The van der Waals surface area contributed by atoms with Crippen LogP contribution in [0.25, 0.3) is 0 Å². The third-order valence-electron chi connectivity index (χ3n) is 4.85. The van der Waals surface area contributed by atoms with Crippen molar-refractivity contribution in [3.05, 3.63) is 41.2 Å². The Kier molecular flexibility index (Phi) is 6.42. The number of Topliss-reactive ketones (excluding diaryl/α,β-unsaturated/α-hetero) is 1. The number of aliphatic hydroxyl groups is 1. The van der Waals surface area contributed by atoms with Crippen LogP contribution in [0.3, 0.4) is 0 Å². The molecule has 26 heavy (non-hydrogen) atoms. The molecule has 0 aliphatic carbocycles. The Labute approximate surface area is 154 Å². The van der Waals surface area contributed by atoms with E-state index in [-0.39, 0.29) is 23.0 Å². The molecule has 1 heterocycles. The lowest BCUT2D eigenvalue weighted by Gasteiger charge is -2.29. The van der Waals surface area contributed by atoms with Crippen LogP contribution >= 0.6 is 0 Å². The molecule has 2 N–H and O–H groups in total. The van der Waals surface area contributed by atoms with Crippen LogP contribution in [-0.2, 0) is 9.59 Å². The number of benzene rings is 1. The average molecular weight is 360 g/mol. The molecule has 1 amide bonds. The zero-order valence-corrected chi connectivity index (χ0v) is 15.9. The molecular weight excluding hydrogens is 332 g/mol. The molecule has 2 rings (SSSR count). The highest BCUT2D eigenvalue weighted by molar-refractivity contribution is 6.09. The van der Waals surface area contributed by atoms with E-state index in [1.165, 1.54) is 12.1 Å². The molecule has 1 atom stereocenters. The zero-order valence-electron chi connectivity index (χ0n) is 15.9. The van der Waals surface area contributed by atoms with Gasteiger partial charge in [0.05, 0.1) is 11.6 Å². The first kappa shape index (κ1) is 20.0. The third-order valence-corrected chi connectivity index (χ3v) is 4.85. The lowest BCUT2D eigenvalue weighted by atomic mass is 9.91. The molecule has 142 valence electrons. The van der Waals surface area contributed by atoms with Gasteiger partial charge in [-0.2, -0.15) is 0 Å². The largest absolute Gasteiger partial charge is 0.508 e. The average Bonchev–Trinajstić information content (AvgIpc) is 2.87. The first-order valence-corrected chi connectivity index (χ1v) is 9.11. The van der Waals surface area contributed by atoms with Crippen molar-refractivity contribution in [2.45, 2.75) is 33.7 Å².